The van der Waals surface area contributed by atoms with Crippen molar-refractivity contribution < 1.29 is 67.8 Å². The first-order valence-electron chi connectivity index (χ1n) is 18.8. The summed E-state index contributed by atoms with van der Waals surface area (Å²) in [4.78, 5) is 80.8. The lowest BCUT2D eigenvalue weighted by Crippen LogP contribution is -2.67. The normalized spacial score (nSPS) is 48.0. The predicted molar refractivity (Wildman–Crippen MR) is 180 cm³/mol. The molecule has 2 bridgehead atoms. The summed E-state index contributed by atoms with van der Waals surface area (Å²) in [7, 11) is 1.17. The number of ether oxygens (including phenoxy) is 5. The van der Waals surface area contributed by atoms with Gasteiger partial charge in [0.1, 0.15) is 31.5 Å². The first kappa shape index (κ1) is 35.6. The molecule has 0 radical (unpaired) electrons. The first-order valence-corrected chi connectivity index (χ1v) is 18.8. The number of fused-ring (bicyclic) bond motifs is 7. The van der Waals surface area contributed by atoms with Gasteiger partial charge in [-0.2, -0.15) is 0 Å². The summed E-state index contributed by atoms with van der Waals surface area (Å²) >= 11 is 0. The Morgan fingerprint density at radius 1 is 0.907 bits per heavy atom. The van der Waals surface area contributed by atoms with Crippen LogP contribution in [0.1, 0.15) is 66.2 Å². The van der Waals surface area contributed by atoms with Gasteiger partial charge >= 0.3 is 29.8 Å². The fraction of sp³-hybridized carbons (Fsp3) is 0.650. The zero-order valence-electron chi connectivity index (χ0n) is 30.8. The molecular formula is C40H44O14. The van der Waals surface area contributed by atoms with Crippen molar-refractivity contribution in [3.8, 4) is 0 Å². The Labute approximate surface area is 310 Å². The van der Waals surface area contributed by atoms with Crippen LogP contribution in [0.2, 0.25) is 0 Å². The Hall–Kier alpha value is -4.14. The number of hydrogen-bond donors (Lipinski definition) is 3. The lowest BCUT2D eigenvalue weighted by molar-refractivity contribution is -0.186. The van der Waals surface area contributed by atoms with E-state index < -0.39 is 87.8 Å². The number of carbonyl (C=O) groups excluding carboxylic acids is 6. The number of Topliss-reactive ketones (excluding diaryl/α,β-unsaturated/α-hetero) is 1. The van der Waals surface area contributed by atoms with Crippen LogP contribution >= 0.6 is 0 Å². The number of ketones is 1. The highest BCUT2D eigenvalue weighted by Crippen LogP contribution is 2.84. The van der Waals surface area contributed by atoms with E-state index in [2.05, 4.69) is 0 Å². The fourth-order valence-electron chi connectivity index (χ4n) is 12.7. The van der Waals surface area contributed by atoms with Crippen LogP contribution in [0.5, 0.6) is 0 Å². The van der Waals surface area contributed by atoms with Gasteiger partial charge in [-0.1, -0.05) is 13.8 Å². The topological polar surface area (TPSA) is 209 Å². The molecule has 5 saturated carbocycles. The minimum Gasteiger partial charge on any atom is -0.466 e. The van der Waals surface area contributed by atoms with Gasteiger partial charge < -0.3 is 39.0 Å². The smallest absolute Gasteiger partial charge is 0.338 e. The summed E-state index contributed by atoms with van der Waals surface area (Å²) in [5.74, 6) is -7.12. The Bertz CT molecular complexity index is 2020. The number of methoxy groups -OCH3 is 1. The molecule has 1 spiro atoms. The van der Waals surface area contributed by atoms with Gasteiger partial charge in [0.25, 0.3) is 0 Å². The molecule has 0 unspecified atom stereocenters. The van der Waals surface area contributed by atoms with E-state index in [1.165, 1.54) is 27.0 Å². The maximum absolute atomic E-state index is 14.6. The number of aliphatic hydroxyl groups excluding tert-OH is 1. The predicted octanol–water partition coefficient (Wildman–Crippen LogP) is 1.49. The molecule has 54 heavy (non-hydrogen) atoms. The average Bonchev–Trinajstić information content (AvgIpc) is 4.05. The molecule has 0 aromatic heterocycles. The Morgan fingerprint density at radius 3 is 2.30 bits per heavy atom. The Morgan fingerprint density at radius 2 is 1.59 bits per heavy atom. The van der Waals surface area contributed by atoms with Crippen LogP contribution in [0.25, 0.3) is 0 Å². The van der Waals surface area contributed by atoms with E-state index in [0.29, 0.717) is 24.0 Å². The monoisotopic (exact) mass is 748 g/mol. The second-order valence-electron chi connectivity index (χ2n) is 17.4. The van der Waals surface area contributed by atoms with Crippen molar-refractivity contribution in [3.63, 3.8) is 0 Å². The van der Waals surface area contributed by atoms with Gasteiger partial charge in [0.05, 0.1) is 31.1 Å². The zero-order chi connectivity index (χ0) is 38.7. The van der Waals surface area contributed by atoms with Crippen LogP contribution < -0.4 is 0 Å². The fourth-order valence-corrected chi connectivity index (χ4v) is 12.7. The van der Waals surface area contributed by atoms with Crippen molar-refractivity contribution in [2.45, 2.75) is 89.1 Å². The summed E-state index contributed by atoms with van der Waals surface area (Å²) < 4.78 is 28.2. The van der Waals surface area contributed by atoms with Crippen molar-refractivity contribution in [2.24, 2.45) is 46.3 Å². The maximum Gasteiger partial charge on any atom is 0.338 e. The molecule has 5 fully saturated rings. The number of esters is 5. The van der Waals surface area contributed by atoms with Gasteiger partial charge in [-0.05, 0) is 85.8 Å². The zero-order valence-corrected chi connectivity index (χ0v) is 30.8. The minimum atomic E-state index is -1.76. The SMILES string of the molecule is COC(=O)/C(C)=C1\C(=O)[C@H](O)[C@]2(C)C3=C1[C@]14OC(=O)C5=C1C[C@H]1[C@](O)(COC(=O)/C(C)=C/COC(=O)CCC(=O)OC5)[C@H]5C[C@H]5[C@]1(C)[C@@H]4C[C@]3(O)[C@H]1C[C@H]12. The molecule has 9 rings (SSSR count). The summed E-state index contributed by atoms with van der Waals surface area (Å²) in [6.07, 6.45) is 0.285. The molecule has 12 atom stereocenters. The molecule has 288 valence electrons. The van der Waals surface area contributed by atoms with Gasteiger partial charge in [0.15, 0.2) is 11.4 Å². The Kier molecular flexibility index (Phi) is 7.24. The van der Waals surface area contributed by atoms with Crippen molar-refractivity contribution in [2.75, 3.05) is 26.9 Å². The first-order chi connectivity index (χ1) is 25.4. The van der Waals surface area contributed by atoms with E-state index in [4.69, 9.17) is 23.7 Å². The highest BCUT2D eigenvalue weighted by molar-refractivity contribution is 6.12. The molecular weight excluding hydrogens is 704 g/mol. The molecule has 3 N–H and O–H groups in total. The molecule has 14 heteroatoms. The highest BCUT2D eigenvalue weighted by atomic mass is 16.6. The molecule has 0 amide bonds. The van der Waals surface area contributed by atoms with Crippen molar-refractivity contribution in [3.05, 3.63) is 45.1 Å². The van der Waals surface area contributed by atoms with E-state index in [1.54, 1.807) is 6.92 Å². The molecule has 14 nitrogen and oxygen atoms in total. The van der Waals surface area contributed by atoms with Crippen LogP contribution in [-0.4, -0.2) is 101 Å². The summed E-state index contributed by atoms with van der Waals surface area (Å²) in [5, 5.41) is 37.7. The minimum absolute atomic E-state index is 0.00783. The molecule has 0 aromatic rings. The number of carbonyl (C=O) groups is 6. The van der Waals surface area contributed by atoms with Gasteiger partial charge in [0, 0.05) is 39.5 Å². The van der Waals surface area contributed by atoms with Crippen molar-refractivity contribution in [1.29, 1.82) is 0 Å². The van der Waals surface area contributed by atoms with E-state index in [0.717, 1.165) is 0 Å². The van der Waals surface area contributed by atoms with E-state index in [9.17, 15) is 44.1 Å². The highest BCUT2D eigenvalue weighted by Gasteiger charge is 2.86. The molecule has 0 saturated heterocycles. The lowest BCUT2D eigenvalue weighted by atomic mass is 9.43. The molecule has 7 aliphatic carbocycles. The van der Waals surface area contributed by atoms with Crippen molar-refractivity contribution >= 4 is 35.6 Å². The molecule has 2 aliphatic heterocycles. The van der Waals surface area contributed by atoms with Crippen LogP contribution in [0.4, 0.5) is 0 Å². The third kappa shape index (κ3) is 4.11. The standard InChI is InChI=1S/C40H44O14/c1-16-8-9-51-26(41)6-7-27(42)52-14-18-19-12-24-36(3,20-10-23(20)39(24,49)15-53-33(16)45)25-13-38(48)22-11-21(22)37(4)31(38)29(40(19,25)54-35(18)47)28(30(43)32(37)44)17(2)34(46)50-5/h8,20-25,32,44,48-49H,6-7,9-15H2,1-5H3/b16-8+,28-17-/t20-,21-,22+,23+,24-,25+,32+,36+,37+,38+,39+,40+/m1/s1. The third-order valence-corrected chi connectivity index (χ3v) is 15.3. The second-order valence-corrected chi connectivity index (χ2v) is 17.4. The van der Waals surface area contributed by atoms with Gasteiger partial charge in [-0.3, -0.25) is 14.4 Å². The van der Waals surface area contributed by atoms with Crippen LogP contribution in [-0.2, 0) is 52.5 Å². The van der Waals surface area contributed by atoms with E-state index in [-0.39, 0.29) is 90.4 Å². The number of hydrogen-bond acceptors (Lipinski definition) is 14. The van der Waals surface area contributed by atoms with Gasteiger partial charge in [0.2, 0.25) is 0 Å². The molecule has 2 heterocycles. The second kappa shape index (κ2) is 11.0. The van der Waals surface area contributed by atoms with E-state index >= 15 is 0 Å². The van der Waals surface area contributed by atoms with E-state index in [1.807, 2.05) is 6.92 Å². The summed E-state index contributed by atoms with van der Waals surface area (Å²) in [6, 6.07) is 0. The van der Waals surface area contributed by atoms with Gasteiger partial charge in [-0.15, -0.1) is 0 Å². The van der Waals surface area contributed by atoms with Crippen molar-refractivity contribution in [1.82, 2.24) is 0 Å². The number of rotatable bonds is 1. The lowest BCUT2D eigenvalue weighted by Gasteiger charge is -2.63. The number of aliphatic hydroxyl groups is 3. The van der Waals surface area contributed by atoms with Crippen LogP contribution in [0.15, 0.2) is 45.1 Å². The summed E-state index contributed by atoms with van der Waals surface area (Å²) in [6.45, 7) is 5.51. The molecule has 9 aliphatic rings. The molecule has 0 aromatic carbocycles. The van der Waals surface area contributed by atoms with Gasteiger partial charge in [-0.25, -0.2) is 14.4 Å². The largest absolute Gasteiger partial charge is 0.466 e. The quantitative estimate of drug-likeness (QED) is 0.197. The Balaban J connectivity index is 1.30. The van der Waals surface area contributed by atoms with Crippen LogP contribution in [0.3, 0.4) is 0 Å². The number of cyclic esters (lactones) is 3. The maximum atomic E-state index is 14.6. The average molecular weight is 749 g/mol. The van der Waals surface area contributed by atoms with Crippen LogP contribution in [0, 0.1) is 46.3 Å². The summed E-state index contributed by atoms with van der Waals surface area (Å²) in [5.41, 5.74) is -6.31. The third-order valence-electron chi connectivity index (χ3n) is 15.3.